The smallest absolute Gasteiger partial charge is 0.410 e. The first-order chi connectivity index (χ1) is 13.8. The number of ether oxygens (including phenoxy) is 3. The van der Waals surface area contributed by atoms with E-state index < -0.39 is 17.9 Å². The van der Waals surface area contributed by atoms with Crippen molar-refractivity contribution in [2.24, 2.45) is 0 Å². The first-order valence-corrected chi connectivity index (χ1v) is 10.1. The van der Waals surface area contributed by atoms with Crippen LogP contribution >= 0.6 is 0 Å². The zero-order chi connectivity index (χ0) is 20.9. The molecule has 2 unspecified atom stereocenters. The number of piperidine rings is 1. The van der Waals surface area contributed by atoms with Crippen LogP contribution in [0.2, 0.25) is 0 Å². The summed E-state index contributed by atoms with van der Waals surface area (Å²) in [5.41, 5.74) is 0.935. The molecule has 0 spiro atoms. The summed E-state index contributed by atoms with van der Waals surface area (Å²) in [6.07, 6.45) is 3.49. The lowest BCUT2D eigenvalue weighted by Crippen LogP contribution is -2.45. The number of benzene rings is 1. The third kappa shape index (κ3) is 6.22. The van der Waals surface area contributed by atoms with Crippen LogP contribution in [0.25, 0.3) is 0 Å². The fourth-order valence-corrected chi connectivity index (χ4v) is 3.79. The minimum absolute atomic E-state index is 0.105. The highest BCUT2D eigenvalue weighted by Gasteiger charge is 2.33. The van der Waals surface area contributed by atoms with Crippen molar-refractivity contribution in [1.29, 1.82) is 0 Å². The van der Waals surface area contributed by atoms with Crippen LogP contribution in [-0.2, 0) is 25.6 Å². The molecule has 2 aliphatic rings. The topological polar surface area (TPSA) is 85.3 Å². The zero-order valence-electron chi connectivity index (χ0n) is 17.0. The summed E-state index contributed by atoms with van der Waals surface area (Å²) in [6.45, 7) is 4.14. The molecule has 1 aromatic rings. The highest BCUT2D eigenvalue weighted by atomic mass is 16.7. The van der Waals surface area contributed by atoms with Crippen molar-refractivity contribution in [2.45, 2.75) is 70.5 Å². The van der Waals surface area contributed by atoms with Crippen molar-refractivity contribution in [3.63, 3.8) is 0 Å². The maximum atomic E-state index is 12.6. The minimum Gasteiger partial charge on any atom is -0.457 e. The third-order valence-corrected chi connectivity index (χ3v) is 5.05. The monoisotopic (exact) mass is 403 g/mol. The number of aliphatic hydroxyl groups excluding tert-OH is 1. The fraction of sp³-hybridized carbons (Fsp3) is 0.545. The number of cyclic esters (lactones) is 1. The summed E-state index contributed by atoms with van der Waals surface area (Å²) in [4.78, 5) is 26.0. The molecule has 7 nitrogen and oxygen atoms in total. The Bertz CT molecular complexity index is 745. The number of hydrogen-bond donors (Lipinski definition) is 1. The average Bonchev–Trinajstić information content (AvgIpc) is 2.65. The molecule has 1 saturated heterocycles. The molecule has 0 bridgehead atoms. The van der Waals surface area contributed by atoms with Gasteiger partial charge in [-0.25, -0.2) is 9.59 Å². The number of carbonyl (C=O) groups excluding carboxylic acids is 2. The normalized spacial score (nSPS) is 22.2. The summed E-state index contributed by atoms with van der Waals surface area (Å²) in [7, 11) is 0. The number of esters is 1. The van der Waals surface area contributed by atoms with Crippen molar-refractivity contribution in [1.82, 2.24) is 4.90 Å². The Morgan fingerprint density at radius 1 is 1.28 bits per heavy atom. The second kappa shape index (κ2) is 9.31. The lowest BCUT2D eigenvalue weighted by molar-refractivity contribution is -0.206. The third-order valence-electron chi connectivity index (χ3n) is 5.05. The maximum absolute atomic E-state index is 12.6. The van der Waals surface area contributed by atoms with Gasteiger partial charge in [-0.05, 0) is 31.2 Å². The summed E-state index contributed by atoms with van der Waals surface area (Å²) in [5.74, 6) is -1.13. The molecule has 1 aromatic carbocycles. The molecule has 1 fully saturated rings. The molecule has 0 saturated carbocycles. The van der Waals surface area contributed by atoms with Crippen LogP contribution in [0.5, 0.6) is 0 Å². The van der Waals surface area contributed by atoms with Gasteiger partial charge in [0.25, 0.3) is 0 Å². The van der Waals surface area contributed by atoms with Crippen LogP contribution in [-0.4, -0.2) is 46.5 Å². The lowest BCUT2D eigenvalue weighted by atomic mass is 9.95. The number of likely N-dealkylation sites (tertiary alicyclic amines) is 1. The number of hydrogen-bond acceptors (Lipinski definition) is 6. The van der Waals surface area contributed by atoms with E-state index >= 15 is 0 Å². The Morgan fingerprint density at radius 3 is 2.76 bits per heavy atom. The van der Waals surface area contributed by atoms with Gasteiger partial charge in [-0.1, -0.05) is 30.3 Å². The van der Waals surface area contributed by atoms with Gasteiger partial charge in [0.05, 0.1) is 12.2 Å². The van der Waals surface area contributed by atoms with E-state index in [0.717, 1.165) is 24.8 Å². The predicted octanol–water partition coefficient (Wildman–Crippen LogP) is 3.51. The molecule has 7 heteroatoms. The van der Waals surface area contributed by atoms with Crippen molar-refractivity contribution in [2.75, 3.05) is 6.54 Å². The summed E-state index contributed by atoms with van der Waals surface area (Å²) < 4.78 is 16.2. The van der Waals surface area contributed by atoms with Gasteiger partial charge < -0.3 is 24.2 Å². The SMILES string of the molecule is CC1(C)OC(=O)C=C(CC(O)CC2CCCCN2C(=O)OCc2ccccc2)O1. The average molecular weight is 403 g/mol. The molecular formula is C22H29NO6. The summed E-state index contributed by atoms with van der Waals surface area (Å²) in [5, 5.41) is 10.6. The van der Waals surface area contributed by atoms with Gasteiger partial charge in [0.15, 0.2) is 0 Å². The Kier molecular flexibility index (Phi) is 6.79. The molecule has 1 N–H and O–H groups in total. The van der Waals surface area contributed by atoms with Crippen LogP contribution in [0.4, 0.5) is 4.79 Å². The number of carbonyl (C=O) groups is 2. The van der Waals surface area contributed by atoms with Crippen LogP contribution in [0.15, 0.2) is 42.2 Å². The molecule has 1 amide bonds. The fourth-order valence-electron chi connectivity index (χ4n) is 3.79. The summed E-state index contributed by atoms with van der Waals surface area (Å²) >= 11 is 0. The van der Waals surface area contributed by atoms with Crippen LogP contribution in [0.3, 0.4) is 0 Å². The number of nitrogens with zero attached hydrogens (tertiary/aromatic N) is 1. The minimum atomic E-state index is -1.04. The molecule has 158 valence electrons. The Balaban J connectivity index is 1.55. The van der Waals surface area contributed by atoms with E-state index in [9.17, 15) is 14.7 Å². The van der Waals surface area contributed by atoms with E-state index in [4.69, 9.17) is 14.2 Å². The molecule has 0 radical (unpaired) electrons. The lowest BCUT2D eigenvalue weighted by Gasteiger charge is -2.36. The largest absolute Gasteiger partial charge is 0.457 e. The van der Waals surface area contributed by atoms with E-state index in [1.165, 1.54) is 6.08 Å². The standard InChI is InChI=1S/C22H29NO6/c1-22(2)28-19(14-20(25)29-22)13-18(24)12-17-10-6-7-11-23(17)21(26)27-15-16-8-4-3-5-9-16/h3-5,8-9,14,17-18,24H,6-7,10-13,15H2,1-2H3. The van der Waals surface area contributed by atoms with Gasteiger partial charge in [0.1, 0.15) is 12.4 Å². The van der Waals surface area contributed by atoms with Crippen molar-refractivity contribution >= 4 is 12.1 Å². The quantitative estimate of drug-likeness (QED) is 0.732. The van der Waals surface area contributed by atoms with Gasteiger partial charge >= 0.3 is 12.1 Å². The van der Waals surface area contributed by atoms with Gasteiger partial charge in [-0.2, -0.15) is 0 Å². The molecular weight excluding hydrogens is 374 g/mol. The van der Waals surface area contributed by atoms with E-state index in [1.807, 2.05) is 30.3 Å². The highest BCUT2D eigenvalue weighted by molar-refractivity contribution is 5.83. The number of aliphatic hydroxyl groups is 1. The zero-order valence-corrected chi connectivity index (χ0v) is 17.0. The number of amides is 1. The van der Waals surface area contributed by atoms with E-state index in [1.54, 1.807) is 18.7 Å². The van der Waals surface area contributed by atoms with Crippen LogP contribution in [0, 0.1) is 0 Å². The van der Waals surface area contributed by atoms with Crippen LogP contribution < -0.4 is 0 Å². The van der Waals surface area contributed by atoms with E-state index in [0.29, 0.717) is 18.7 Å². The summed E-state index contributed by atoms with van der Waals surface area (Å²) in [6, 6.07) is 9.44. The van der Waals surface area contributed by atoms with E-state index in [-0.39, 0.29) is 25.2 Å². The van der Waals surface area contributed by atoms with Gasteiger partial charge in [0.2, 0.25) is 5.79 Å². The maximum Gasteiger partial charge on any atom is 0.410 e. The second-order valence-electron chi connectivity index (χ2n) is 8.01. The first-order valence-electron chi connectivity index (χ1n) is 10.1. The molecule has 2 atom stereocenters. The van der Waals surface area contributed by atoms with Crippen molar-refractivity contribution < 1.29 is 28.9 Å². The Morgan fingerprint density at radius 2 is 2.03 bits per heavy atom. The first kappa shape index (κ1) is 21.2. The molecule has 0 aromatic heterocycles. The molecule has 2 heterocycles. The molecule has 2 aliphatic heterocycles. The van der Waals surface area contributed by atoms with E-state index in [2.05, 4.69) is 0 Å². The highest BCUT2D eigenvalue weighted by Crippen LogP contribution is 2.28. The molecule has 0 aliphatic carbocycles. The van der Waals surface area contributed by atoms with Crippen molar-refractivity contribution in [3.05, 3.63) is 47.7 Å². The Hall–Kier alpha value is -2.54. The number of rotatable bonds is 6. The van der Waals surface area contributed by atoms with Gasteiger partial charge in [0, 0.05) is 32.9 Å². The second-order valence-corrected chi connectivity index (χ2v) is 8.01. The Labute approximate surface area is 171 Å². The predicted molar refractivity (Wildman–Crippen MR) is 106 cm³/mol. The van der Waals surface area contributed by atoms with Gasteiger partial charge in [-0.3, -0.25) is 0 Å². The molecule has 3 rings (SSSR count). The van der Waals surface area contributed by atoms with Gasteiger partial charge in [-0.15, -0.1) is 0 Å². The van der Waals surface area contributed by atoms with Crippen molar-refractivity contribution in [3.8, 4) is 0 Å². The van der Waals surface area contributed by atoms with Crippen LogP contribution in [0.1, 0.15) is 51.5 Å². The molecule has 29 heavy (non-hydrogen) atoms.